The Morgan fingerprint density at radius 1 is 1.04 bits per heavy atom. The average Bonchev–Trinajstić information content (AvgIpc) is 2.66. The number of aromatic nitrogens is 2. The smallest absolute Gasteiger partial charge is 0.274 e. The van der Waals surface area contributed by atoms with E-state index in [1.807, 2.05) is 32.0 Å². The number of ether oxygens (including phenoxy) is 1. The van der Waals surface area contributed by atoms with Gasteiger partial charge < -0.3 is 15.4 Å². The fraction of sp³-hybridized carbons (Fsp3) is 0.190. The van der Waals surface area contributed by atoms with Crippen LogP contribution in [-0.2, 0) is 6.54 Å². The van der Waals surface area contributed by atoms with E-state index < -0.39 is 0 Å². The van der Waals surface area contributed by atoms with Crippen LogP contribution in [0.3, 0.4) is 0 Å². The topological polar surface area (TPSA) is 76.1 Å². The molecule has 0 aliphatic carbocycles. The molecule has 1 amide bonds. The zero-order valence-electron chi connectivity index (χ0n) is 15.6. The van der Waals surface area contributed by atoms with Gasteiger partial charge in [0.15, 0.2) is 0 Å². The second-order valence-corrected chi connectivity index (χ2v) is 6.24. The third-order valence-corrected chi connectivity index (χ3v) is 3.97. The number of hydrogen-bond acceptors (Lipinski definition) is 5. The Kier molecular flexibility index (Phi) is 5.66. The number of nitrogens with one attached hydrogen (secondary N) is 2. The first-order valence-corrected chi connectivity index (χ1v) is 8.64. The first-order chi connectivity index (χ1) is 13.0. The molecule has 0 aliphatic rings. The van der Waals surface area contributed by atoms with E-state index in [1.54, 1.807) is 37.4 Å². The molecule has 27 heavy (non-hydrogen) atoms. The number of carbonyl (C=O) groups is 1. The lowest BCUT2D eigenvalue weighted by Gasteiger charge is -2.10. The minimum atomic E-state index is -0.288. The van der Waals surface area contributed by atoms with E-state index in [1.165, 1.54) is 5.56 Å². The highest BCUT2D eigenvalue weighted by atomic mass is 16.5. The molecule has 1 aromatic heterocycles. The summed E-state index contributed by atoms with van der Waals surface area (Å²) in [5.41, 5.74) is 4.02. The largest absolute Gasteiger partial charge is 0.497 e. The van der Waals surface area contributed by atoms with E-state index in [4.69, 9.17) is 4.74 Å². The number of rotatable bonds is 6. The molecule has 0 fully saturated rings. The maximum absolute atomic E-state index is 12.5. The van der Waals surface area contributed by atoms with Crippen molar-refractivity contribution in [3.8, 4) is 5.75 Å². The summed E-state index contributed by atoms with van der Waals surface area (Å²) in [4.78, 5) is 21.2. The number of benzene rings is 2. The Morgan fingerprint density at radius 2 is 1.81 bits per heavy atom. The molecule has 0 unspecified atom stereocenters. The maximum Gasteiger partial charge on any atom is 0.274 e. The number of aryl methyl sites for hydroxylation is 2. The molecule has 2 N–H and O–H groups in total. The van der Waals surface area contributed by atoms with E-state index in [-0.39, 0.29) is 5.91 Å². The van der Waals surface area contributed by atoms with Gasteiger partial charge in [-0.15, -0.1) is 0 Å². The molecule has 0 bridgehead atoms. The second-order valence-electron chi connectivity index (χ2n) is 6.24. The third-order valence-electron chi connectivity index (χ3n) is 3.97. The van der Waals surface area contributed by atoms with Gasteiger partial charge in [-0.1, -0.05) is 29.8 Å². The lowest BCUT2D eigenvalue weighted by molar-refractivity contribution is 0.102. The van der Waals surface area contributed by atoms with Crippen molar-refractivity contribution >= 4 is 17.5 Å². The highest BCUT2D eigenvalue weighted by Gasteiger charge is 2.11. The van der Waals surface area contributed by atoms with Gasteiger partial charge in [-0.2, -0.15) is 0 Å². The van der Waals surface area contributed by atoms with Crippen LogP contribution in [0.4, 0.5) is 11.6 Å². The van der Waals surface area contributed by atoms with Gasteiger partial charge in [0.05, 0.1) is 7.11 Å². The van der Waals surface area contributed by atoms with E-state index >= 15 is 0 Å². The van der Waals surface area contributed by atoms with E-state index in [9.17, 15) is 4.79 Å². The molecular formula is C21H22N4O2. The molecule has 138 valence electrons. The molecule has 0 atom stereocenters. The first kappa shape index (κ1) is 18.4. The van der Waals surface area contributed by atoms with E-state index in [0.717, 1.165) is 17.0 Å². The molecule has 0 spiro atoms. The first-order valence-electron chi connectivity index (χ1n) is 8.64. The minimum Gasteiger partial charge on any atom is -0.497 e. The predicted octanol–water partition coefficient (Wildman–Crippen LogP) is 3.97. The number of carbonyl (C=O) groups excluding carboxylic acids is 1. The molecule has 2 aromatic carbocycles. The number of anilines is 2. The maximum atomic E-state index is 12.5. The average molecular weight is 362 g/mol. The fourth-order valence-corrected chi connectivity index (χ4v) is 2.64. The Balaban J connectivity index is 1.70. The van der Waals surface area contributed by atoms with Crippen molar-refractivity contribution in [2.75, 3.05) is 17.7 Å². The minimum absolute atomic E-state index is 0.288. The van der Waals surface area contributed by atoms with Crippen LogP contribution in [0.1, 0.15) is 27.3 Å². The van der Waals surface area contributed by atoms with Crippen molar-refractivity contribution < 1.29 is 9.53 Å². The summed E-state index contributed by atoms with van der Waals surface area (Å²) in [5.74, 6) is 0.870. The molecule has 0 aliphatic heterocycles. The molecule has 1 heterocycles. The molecule has 0 saturated heterocycles. The highest BCUT2D eigenvalue weighted by molar-refractivity contribution is 6.03. The molecule has 0 saturated carbocycles. The van der Waals surface area contributed by atoms with Crippen molar-refractivity contribution in [1.29, 1.82) is 0 Å². The van der Waals surface area contributed by atoms with Crippen LogP contribution in [0.5, 0.6) is 5.75 Å². The van der Waals surface area contributed by atoms with Gasteiger partial charge in [-0.25, -0.2) is 9.97 Å². The monoisotopic (exact) mass is 362 g/mol. The van der Waals surface area contributed by atoms with Gasteiger partial charge in [0.25, 0.3) is 5.91 Å². The van der Waals surface area contributed by atoms with E-state index in [2.05, 4.69) is 26.7 Å². The van der Waals surface area contributed by atoms with E-state index in [0.29, 0.717) is 23.9 Å². The number of nitrogens with zero attached hydrogens (tertiary/aromatic N) is 2. The lowest BCUT2D eigenvalue weighted by Crippen LogP contribution is -2.16. The fourth-order valence-electron chi connectivity index (χ4n) is 2.64. The summed E-state index contributed by atoms with van der Waals surface area (Å²) < 4.78 is 5.12. The predicted molar refractivity (Wildman–Crippen MR) is 106 cm³/mol. The zero-order valence-corrected chi connectivity index (χ0v) is 15.6. The summed E-state index contributed by atoms with van der Waals surface area (Å²) in [5, 5.41) is 6.02. The van der Waals surface area contributed by atoms with Gasteiger partial charge in [0, 0.05) is 17.9 Å². The number of hydrogen-bond donors (Lipinski definition) is 2. The zero-order chi connectivity index (χ0) is 19.2. The van der Waals surface area contributed by atoms with Crippen molar-refractivity contribution in [1.82, 2.24) is 9.97 Å². The van der Waals surface area contributed by atoms with Crippen LogP contribution >= 0.6 is 0 Å². The Morgan fingerprint density at radius 3 is 2.52 bits per heavy atom. The van der Waals surface area contributed by atoms with Gasteiger partial charge in [-0.3, -0.25) is 4.79 Å². The summed E-state index contributed by atoms with van der Waals surface area (Å²) in [7, 11) is 1.60. The molecular weight excluding hydrogens is 340 g/mol. The van der Waals surface area contributed by atoms with Crippen LogP contribution in [0.2, 0.25) is 0 Å². The van der Waals surface area contributed by atoms with Crippen molar-refractivity contribution in [3.05, 3.63) is 77.1 Å². The third kappa shape index (κ3) is 5.04. The summed E-state index contributed by atoms with van der Waals surface area (Å²) in [6.45, 7) is 4.47. The summed E-state index contributed by atoms with van der Waals surface area (Å²) in [6, 6.07) is 17.0. The summed E-state index contributed by atoms with van der Waals surface area (Å²) in [6.07, 6.45) is 0. The lowest BCUT2D eigenvalue weighted by atomic mass is 10.1. The van der Waals surface area contributed by atoms with Gasteiger partial charge in [-0.05, 0) is 49.7 Å². The van der Waals surface area contributed by atoms with Crippen LogP contribution in [0, 0.1) is 13.8 Å². The molecule has 6 heteroatoms. The molecule has 6 nitrogen and oxygen atoms in total. The van der Waals surface area contributed by atoms with Crippen molar-refractivity contribution in [2.45, 2.75) is 20.4 Å². The Labute approximate surface area is 158 Å². The van der Waals surface area contributed by atoms with Crippen LogP contribution in [0.15, 0.2) is 54.6 Å². The normalized spacial score (nSPS) is 10.3. The standard InChI is InChI=1S/C21H22N4O2/c1-14-5-4-6-16(11-14)13-22-21-23-15(2)12-19(25-21)20(26)24-17-7-9-18(27-3)10-8-17/h4-12H,13H2,1-3H3,(H,24,26)(H,22,23,25). The SMILES string of the molecule is COc1ccc(NC(=O)c2cc(C)nc(NCc3cccc(C)c3)n2)cc1. The summed E-state index contributed by atoms with van der Waals surface area (Å²) >= 11 is 0. The number of amides is 1. The quantitative estimate of drug-likeness (QED) is 0.694. The molecule has 0 radical (unpaired) electrons. The Hall–Kier alpha value is -3.41. The Bertz CT molecular complexity index is 939. The molecule has 3 rings (SSSR count). The van der Waals surface area contributed by atoms with Gasteiger partial charge in [0.2, 0.25) is 5.95 Å². The van der Waals surface area contributed by atoms with Crippen LogP contribution in [0.25, 0.3) is 0 Å². The van der Waals surface area contributed by atoms with Gasteiger partial charge in [0.1, 0.15) is 11.4 Å². The van der Waals surface area contributed by atoms with Gasteiger partial charge >= 0.3 is 0 Å². The van der Waals surface area contributed by atoms with Crippen LogP contribution < -0.4 is 15.4 Å². The van der Waals surface area contributed by atoms with Crippen molar-refractivity contribution in [3.63, 3.8) is 0 Å². The van der Waals surface area contributed by atoms with Crippen LogP contribution in [-0.4, -0.2) is 23.0 Å². The number of methoxy groups -OCH3 is 1. The second kappa shape index (κ2) is 8.31. The van der Waals surface area contributed by atoms with Crippen molar-refractivity contribution in [2.24, 2.45) is 0 Å². The molecule has 3 aromatic rings. The highest BCUT2D eigenvalue weighted by Crippen LogP contribution is 2.16.